The van der Waals surface area contributed by atoms with Gasteiger partial charge in [-0.3, -0.25) is 4.79 Å². The standard InChI is InChI=1S/C65H127NO10/c1-3-5-7-9-11-13-15-17-19-21-23-25-27-28-29-30-31-33-35-37-39-41-43-45-47-49-51-53-58(69)64(74)66-56(55-75-65-63(73)62(72)61(71)59(54-67)76-65)60(70)57(68)52-50-48-46-44-42-40-38-36-34-32-26-24-22-20-18-16-14-12-10-8-6-4-2/h44,46,56-63,65,67-73H,3-43,45,47-55H2,1-2H3,(H,66,74)/b46-44+. The second kappa shape index (κ2) is 54.4. The van der Waals surface area contributed by atoms with E-state index in [9.17, 15) is 40.5 Å². The van der Waals surface area contributed by atoms with Crippen molar-refractivity contribution in [3.8, 4) is 0 Å². The SMILES string of the molecule is CCCCCCCCCCCCCCCCCCC/C=C/CCCC(O)C(O)C(COC1OC(CO)C(O)C(O)C1O)NC(=O)C(O)CCCCCCCCCCCCCCCCCCCCCCCCCCCCC. The van der Waals surface area contributed by atoms with Crippen molar-refractivity contribution in [2.45, 2.75) is 384 Å². The van der Waals surface area contributed by atoms with Gasteiger partial charge in [-0.05, 0) is 38.5 Å². The summed E-state index contributed by atoms with van der Waals surface area (Å²) in [4.78, 5) is 13.2. The fourth-order valence-corrected chi connectivity index (χ4v) is 11.0. The number of carbonyl (C=O) groups is 1. The van der Waals surface area contributed by atoms with Gasteiger partial charge in [0.2, 0.25) is 5.91 Å². The third-order valence-electron chi connectivity index (χ3n) is 16.3. The van der Waals surface area contributed by atoms with Gasteiger partial charge in [-0.25, -0.2) is 0 Å². The summed E-state index contributed by atoms with van der Waals surface area (Å²) in [7, 11) is 0. The minimum atomic E-state index is -1.67. The van der Waals surface area contributed by atoms with Gasteiger partial charge >= 0.3 is 0 Å². The van der Waals surface area contributed by atoms with Gasteiger partial charge < -0.3 is 50.5 Å². The first kappa shape index (κ1) is 72.9. The second-order valence-corrected chi connectivity index (χ2v) is 23.5. The van der Waals surface area contributed by atoms with E-state index in [1.54, 1.807) is 0 Å². The van der Waals surface area contributed by atoms with Crippen molar-refractivity contribution in [2.24, 2.45) is 0 Å². The summed E-state index contributed by atoms with van der Waals surface area (Å²) in [5.41, 5.74) is 0. The number of allylic oxidation sites excluding steroid dienone is 2. The van der Waals surface area contributed by atoms with Crippen molar-refractivity contribution in [1.82, 2.24) is 5.32 Å². The fourth-order valence-electron chi connectivity index (χ4n) is 11.0. The summed E-state index contributed by atoms with van der Waals surface area (Å²) in [6, 6.07) is -1.18. The third kappa shape index (κ3) is 41.8. The number of nitrogens with one attached hydrogen (secondary N) is 1. The summed E-state index contributed by atoms with van der Waals surface area (Å²) in [5.74, 6) is -0.698. The lowest BCUT2D eigenvalue weighted by Gasteiger charge is -2.40. The zero-order chi connectivity index (χ0) is 55.4. The highest BCUT2D eigenvalue weighted by Crippen LogP contribution is 2.24. The lowest BCUT2D eigenvalue weighted by molar-refractivity contribution is -0.303. The first-order valence-electron chi connectivity index (χ1n) is 33.1. The molecular weight excluding hydrogens is 955 g/mol. The Morgan fingerprint density at radius 2 is 0.776 bits per heavy atom. The van der Waals surface area contributed by atoms with Gasteiger partial charge in [0.05, 0.1) is 25.4 Å². The molecule has 11 nitrogen and oxygen atoms in total. The molecule has 1 saturated heterocycles. The molecule has 1 heterocycles. The van der Waals surface area contributed by atoms with Gasteiger partial charge in [0, 0.05) is 0 Å². The predicted molar refractivity (Wildman–Crippen MR) is 316 cm³/mol. The molecule has 0 aromatic rings. The number of rotatable bonds is 58. The van der Waals surface area contributed by atoms with Crippen molar-refractivity contribution < 1.29 is 50.0 Å². The highest BCUT2D eigenvalue weighted by atomic mass is 16.7. The quantitative estimate of drug-likeness (QED) is 0.0215. The largest absolute Gasteiger partial charge is 0.394 e. The molecule has 9 atom stereocenters. The first-order chi connectivity index (χ1) is 37.2. The lowest BCUT2D eigenvalue weighted by Crippen LogP contribution is -2.60. The van der Waals surface area contributed by atoms with E-state index in [1.165, 1.54) is 250 Å². The highest BCUT2D eigenvalue weighted by Gasteiger charge is 2.44. The van der Waals surface area contributed by atoms with E-state index in [-0.39, 0.29) is 12.8 Å². The molecule has 0 aromatic carbocycles. The van der Waals surface area contributed by atoms with Crippen molar-refractivity contribution in [2.75, 3.05) is 13.2 Å². The summed E-state index contributed by atoms with van der Waals surface area (Å²) >= 11 is 0. The topological polar surface area (TPSA) is 189 Å². The van der Waals surface area contributed by atoms with Crippen LogP contribution in [-0.4, -0.2) is 110 Å². The monoisotopic (exact) mass is 1080 g/mol. The molecule has 11 heteroatoms. The number of hydrogen-bond donors (Lipinski definition) is 8. The Labute approximate surface area is 468 Å². The Hall–Kier alpha value is -1.15. The maximum Gasteiger partial charge on any atom is 0.249 e. The molecule has 0 aromatic heterocycles. The van der Waals surface area contributed by atoms with E-state index in [2.05, 4.69) is 31.3 Å². The van der Waals surface area contributed by atoms with Crippen LogP contribution >= 0.6 is 0 Å². The normalized spacial score (nSPS) is 19.6. The maximum atomic E-state index is 13.2. The summed E-state index contributed by atoms with van der Waals surface area (Å²) in [6.45, 7) is 3.50. The molecule has 1 aliphatic rings. The van der Waals surface area contributed by atoms with Gasteiger partial charge in [0.25, 0.3) is 0 Å². The summed E-state index contributed by atoms with van der Waals surface area (Å²) < 4.78 is 11.2. The second-order valence-electron chi connectivity index (χ2n) is 23.5. The van der Waals surface area contributed by atoms with E-state index in [1.807, 2.05) is 0 Å². The third-order valence-corrected chi connectivity index (χ3v) is 16.3. The lowest BCUT2D eigenvalue weighted by atomic mass is 9.98. The van der Waals surface area contributed by atoms with Gasteiger partial charge in [0.15, 0.2) is 6.29 Å². The Morgan fingerprint density at radius 1 is 0.447 bits per heavy atom. The van der Waals surface area contributed by atoms with E-state index in [4.69, 9.17) is 9.47 Å². The minimum Gasteiger partial charge on any atom is -0.394 e. The number of unbranched alkanes of at least 4 members (excludes halogenated alkanes) is 44. The zero-order valence-electron chi connectivity index (χ0n) is 49.8. The number of amides is 1. The van der Waals surface area contributed by atoms with Crippen molar-refractivity contribution >= 4 is 5.91 Å². The van der Waals surface area contributed by atoms with E-state index in [0.29, 0.717) is 12.8 Å². The average Bonchev–Trinajstić information content (AvgIpc) is 3.42. The highest BCUT2D eigenvalue weighted by molar-refractivity contribution is 5.80. The van der Waals surface area contributed by atoms with E-state index < -0.39 is 74.2 Å². The molecule has 1 aliphatic heterocycles. The smallest absolute Gasteiger partial charge is 0.249 e. The van der Waals surface area contributed by atoms with E-state index in [0.717, 1.165) is 38.5 Å². The van der Waals surface area contributed by atoms with Crippen LogP contribution in [0.2, 0.25) is 0 Å². The minimum absolute atomic E-state index is 0.260. The van der Waals surface area contributed by atoms with Crippen LogP contribution in [0.15, 0.2) is 12.2 Å². The van der Waals surface area contributed by atoms with Crippen LogP contribution in [0.25, 0.3) is 0 Å². The van der Waals surface area contributed by atoms with Crippen LogP contribution in [0, 0.1) is 0 Å². The van der Waals surface area contributed by atoms with Crippen LogP contribution in [0.1, 0.15) is 328 Å². The number of aliphatic hydroxyl groups excluding tert-OH is 7. The first-order valence-corrected chi connectivity index (χ1v) is 33.1. The molecule has 1 amide bonds. The number of carbonyl (C=O) groups excluding carboxylic acids is 1. The molecule has 452 valence electrons. The maximum absolute atomic E-state index is 13.2. The molecule has 0 radical (unpaired) electrons. The van der Waals surface area contributed by atoms with Crippen molar-refractivity contribution in [1.29, 1.82) is 0 Å². The molecule has 8 N–H and O–H groups in total. The Kier molecular flexibility index (Phi) is 52.2. The number of ether oxygens (including phenoxy) is 2. The summed E-state index contributed by atoms with van der Waals surface area (Å²) in [5, 5.41) is 76.4. The molecule has 0 spiro atoms. The van der Waals surface area contributed by atoms with Crippen molar-refractivity contribution in [3.63, 3.8) is 0 Å². The van der Waals surface area contributed by atoms with Crippen LogP contribution in [0.4, 0.5) is 0 Å². The predicted octanol–water partition coefficient (Wildman–Crippen LogP) is 15.1. The molecule has 1 rings (SSSR count). The van der Waals surface area contributed by atoms with Crippen LogP contribution in [0.5, 0.6) is 0 Å². The van der Waals surface area contributed by atoms with Gasteiger partial charge in [0.1, 0.15) is 36.6 Å². The zero-order valence-corrected chi connectivity index (χ0v) is 49.8. The Morgan fingerprint density at radius 3 is 1.13 bits per heavy atom. The van der Waals surface area contributed by atoms with Crippen molar-refractivity contribution in [3.05, 3.63) is 12.2 Å². The van der Waals surface area contributed by atoms with Crippen LogP contribution in [0.3, 0.4) is 0 Å². The molecular formula is C65H127NO10. The van der Waals surface area contributed by atoms with E-state index >= 15 is 0 Å². The number of aliphatic hydroxyl groups is 7. The van der Waals surface area contributed by atoms with Gasteiger partial charge in [-0.2, -0.15) is 0 Å². The van der Waals surface area contributed by atoms with Crippen LogP contribution < -0.4 is 5.32 Å². The average molecular weight is 1080 g/mol. The Balaban J connectivity index is 2.24. The molecule has 0 saturated carbocycles. The summed E-state index contributed by atoms with van der Waals surface area (Å²) in [6.07, 6.45) is 54.3. The number of hydrogen-bond acceptors (Lipinski definition) is 10. The molecule has 0 bridgehead atoms. The molecule has 76 heavy (non-hydrogen) atoms. The Bertz CT molecular complexity index is 1240. The van der Waals surface area contributed by atoms with Gasteiger partial charge in [-0.1, -0.05) is 302 Å². The molecule has 0 aliphatic carbocycles. The molecule has 9 unspecified atom stereocenters. The van der Waals surface area contributed by atoms with Gasteiger partial charge in [-0.15, -0.1) is 0 Å². The fraction of sp³-hybridized carbons (Fsp3) is 0.954. The molecule has 1 fully saturated rings. The van der Waals surface area contributed by atoms with Crippen LogP contribution in [-0.2, 0) is 14.3 Å².